The molecule has 1 atom stereocenters. The van der Waals surface area contributed by atoms with Gasteiger partial charge in [-0.25, -0.2) is 0 Å². The van der Waals surface area contributed by atoms with Gasteiger partial charge in [0, 0.05) is 36.0 Å². The minimum absolute atomic E-state index is 0.0525. The molecule has 0 saturated heterocycles. The number of fused-ring (bicyclic) bond motifs is 2. The van der Waals surface area contributed by atoms with E-state index in [1.54, 1.807) is 0 Å². The van der Waals surface area contributed by atoms with E-state index < -0.39 is 0 Å². The van der Waals surface area contributed by atoms with E-state index >= 15 is 0 Å². The molecule has 5 nitrogen and oxygen atoms in total. The molecule has 140 valence electrons. The molecule has 27 heavy (non-hydrogen) atoms. The van der Waals surface area contributed by atoms with E-state index in [4.69, 9.17) is 9.47 Å². The van der Waals surface area contributed by atoms with Gasteiger partial charge in [0.15, 0.2) is 11.5 Å². The molecule has 2 N–H and O–H groups in total. The Bertz CT molecular complexity index is 961. The van der Waals surface area contributed by atoms with Gasteiger partial charge < -0.3 is 19.8 Å². The van der Waals surface area contributed by atoms with E-state index in [1.165, 1.54) is 0 Å². The number of aromatic amines is 1. The van der Waals surface area contributed by atoms with Gasteiger partial charge in [-0.15, -0.1) is 0 Å². The van der Waals surface area contributed by atoms with E-state index in [1.807, 2.05) is 42.6 Å². The number of rotatable bonds is 6. The zero-order valence-corrected chi connectivity index (χ0v) is 15.6. The van der Waals surface area contributed by atoms with Crippen molar-refractivity contribution < 1.29 is 14.3 Å². The topological polar surface area (TPSA) is 63.4 Å². The highest BCUT2D eigenvalue weighted by molar-refractivity contribution is 5.86. The number of benzene rings is 2. The van der Waals surface area contributed by atoms with Gasteiger partial charge in [-0.1, -0.05) is 38.1 Å². The summed E-state index contributed by atoms with van der Waals surface area (Å²) in [6.45, 7) is 5.11. The second-order valence-corrected chi connectivity index (χ2v) is 7.36. The molecular formula is C22H24N2O3. The van der Waals surface area contributed by atoms with E-state index in [0.29, 0.717) is 18.9 Å². The van der Waals surface area contributed by atoms with Gasteiger partial charge in [0.2, 0.25) is 12.7 Å². The summed E-state index contributed by atoms with van der Waals surface area (Å²) >= 11 is 0. The minimum atomic E-state index is -0.0668. The van der Waals surface area contributed by atoms with Gasteiger partial charge in [-0.3, -0.25) is 4.79 Å². The highest BCUT2D eigenvalue weighted by atomic mass is 16.7. The van der Waals surface area contributed by atoms with Crippen LogP contribution in [0.4, 0.5) is 0 Å². The van der Waals surface area contributed by atoms with Crippen LogP contribution in [0.2, 0.25) is 0 Å². The Morgan fingerprint density at radius 1 is 1.15 bits per heavy atom. The summed E-state index contributed by atoms with van der Waals surface area (Å²) in [6, 6.07) is 14.1. The Hall–Kier alpha value is -2.95. The first-order chi connectivity index (χ1) is 13.1. The zero-order chi connectivity index (χ0) is 18.8. The van der Waals surface area contributed by atoms with Gasteiger partial charge in [-0.05, 0) is 35.2 Å². The first-order valence-electron chi connectivity index (χ1n) is 9.34. The van der Waals surface area contributed by atoms with Crippen molar-refractivity contribution in [3.8, 4) is 11.5 Å². The second kappa shape index (κ2) is 7.35. The lowest BCUT2D eigenvalue weighted by Gasteiger charge is -2.18. The Morgan fingerprint density at radius 2 is 1.96 bits per heavy atom. The first-order valence-corrected chi connectivity index (χ1v) is 9.34. The van der Waals surface area contributed by atoms with E-state index in [2.05, 4.69) is 30.2 Å². The van der Waals surface area contributed by atoms with Crippen LogP contribution in [0, 0.1) is 5.92 Å². The third-order valence-corrected chi connectivity index (χ3v) is 4.89. The maximum absolute atomic E-state index is 12.6. The largest absolute Gasteiger partial charge is 0.454 e. The van der Waals surface area contributed by atoms with Crippen LogP contribution in [0.1, 0.15) is 37.3 Å². The summed E-state index contributed by atoms with van der Waals surface area (Å²) in [5.74, 6) is 1.89. The normalized spacial score (nSPS) is 13.9. The molecule has 0 spiro atoms. The maximum Gasteiger partial charge on any atom is 0.231 e. The number of carbonyl (C=O) groups excluding carboxylic acids is 1. The zero-order valence-electron chi connectivity index (χ0n) is 15.6. The predicted octanol–water partition coefficient (Wildman–Crippen LogP) is 4.19. The Morgan fingerprint density at radius 3 is 2.81 bits per heavy atom. The fourth-order valence-corrected chi connectivity index (χ4v) is 3.50. The van der Waals surface area contributed by atoms with Crippen molar-refractivity contribution in [2.24, 2.45) is 5.92 Å². The third kappa shape index (κ3) is 3.63. The van der Waals surface area contributed by atoms with Gasteiger partial charge in [0.05, 0.1) is 0 Å². The van der Waals surface area contributed by atoms with Gasteiger partial charge in [0.25, 0.3) is 0 Å². The van der Waals surface area contributed by atoms with Crippen molar-refractivity contribution in [2.45, 2.75) is 26.2 Å². The lowest BCUT2D eigenvalue weighted by atomic mass is 9.87. The highest BCUT2D eigenvalue weighted by Crippen LogP contribution is 2.39. The molecule has 0 saturated carbocycles. The van der Waals surface area contributed by atoms with Crippen LogP contribution in [0.3, 0.4) is 0 Å². The van der Waals surface area contributed by atoms with E-state index in [-0.39, 0.29) is 18.6 Å². The number of hydrogen-bond acceptors (Lipinski definition) is 3. The van der Waals surface area contributed by atoms with Crippen molar-refractivity contribution >= 4 is 16.8 Å². The Balaban J connectivity index is 1.70. The summed E-state index contributed by atoms with van der Waals surface area (Å²) in [7, 11) is 0. The number of ether oxygens (including phenoxy) is 2. The molecule has 1 aromatic heterocycles. The van der Waals surface area contributed by atoms with Crippen LogP contribution >= 0.6 is 0 Å². The molecule has 1 unspecified atom stereocenters. The fourth-order valence-electron chi connectivity index (χ4n) is 3.50. The van der Waals surface area contributed by atoms with E-state index in [9.17, 15) is 4.79 Å². The average Bonchev–Trinajstić information content (AvgIpc) is 3.30. The quantitative estimate of drug-likeness (QED) is 0.689. The molecule has 1 aliphatic heterocycles. The Labute approximate surface area is 158 Å². The highest BCUT2D eigenvalue weighted by Gasteiger charge is 2.24. The summed E-state index contributed by atoms with van der Waals surface area (Å²) in [5, 5.41) is 4.18. The van der Waals surface area contributed by atoms with Crippen molar-refractivity contribution in [1.29, 1.82) is 0 Å². The van der Waals surface area contributed by atoms with E-state index in [0.717, 1.165) is 33.5 Å². The third-order valence-electron chi connectivity index (χ3n) is 4.89. The molecule has 5 heteroatoms. The number of amides is 1. The number of hydrogen-bond donors (Lipinski definition) is 2. The molecule has 1 aliphatic rings. The monoisotopic (exact) mass is 364 g/mol. The fraction of sp³-hybridized carbons (Fsp3) is 0.318. The van der Waals surface area contributed by atoms with Crippen molar-refractivity contribution in [3.63, 3.8) is 0 Å². The van der Waals surface area contributed by atoms with Crippen LogP contribution in [-0.2, 0) is 4.79 Å². The summed E-state index contributed by atoms with van der Waals surface area (Å²) in [4.78, 5) is 15.9. The minimum Gasteiger partial charge on any atom is -0.454 e. The number of nitrogens with one attached hydrogen (secondary N) is 2. The summed E-state index contributed by atoms with van der Waals surface area (Å²) < 4.78 is 11.0. The van der Waals surface area contributed by atoms with Crippen LogP contribution in [0.25, 0.3) is 10.9 Å². The standard InChI is InChI=1S/C22H24N2O3/c1-14(2)11-24-22(25)10-17(15-7-8-20-21(9-15)27-13-26-20)18-12-23-19-6-4-3-5-16(18)19/h3-9,12,14,17,23H,10-11,13H2,1-2H3,(H,24,25). The van der Waals surface area contributed by atoms with Crippen molar-refractivity contribution in [1.82, 2.24) is 10.3 Å². The molecule has 0 fully saturated rings. The molecule has 4 rings (SSSR count). The summed E-state index contributed by atoms with van der Waals surface area (Å²) in [5.41, 5.74) is 3.23. The molecule has 2 heterocycles. The number of carbonyl (C=O) groups is 1. The lowest BCUT2D eigenvalue weighted by Crippen LogP contribution is -2.28. The smallest absolute Gasteiger partial charge is 0.231 e. The van der Waals surface area contributed by atoms with Crippen LogP contribution in [0.5, 0.6) is 11.5 Å². The average molecular weight is 364 g/mol. The molecular weight excluding hydrogens is 340 g/mol. The molecule has 0 bridgehead atoms. The molecule has 3 aromatic rings. The molecule has 0 aliphatic carbocycles. The van der Waals surface area contributed by atoms with Gasteiger partial charge in [-0.2, -0.15) is 0 Å². The van der Waals surface area contributed by atoms with Crippen molar-refractivity contribution in [2.75, 3.05) is 13.3 Å². The van der Waals surface area contributed by atoms with Crippen LogP contribution in [-0.4, -0.2) is 24.2 Å². The number of para-hydroxylation sites is 1. The lowest BCUT2D eigenvalue weighted by molar-refractivity contribution is -0.121. The van der Waals surface area contributed by atoms with Gasteiger partial charge in [0.1, 0.15) is 0 Å². The predicted molar refractivity (Wildman–Crippen MR) is 105 cm³/mol. The second-order valence-electron chi connectivity index (χ2n) is 7.36. The summed E-state index contributed by atoms with van der Waals surface area (Å²) in [6.07, 6.45) is 2.39. The first kappa shape index (κ1) is 17.5. The van der Waals surface area contributed by atoms with Crippen LogP contribution in [0.15, 0.2) is 48.7 Å². The SMILES string of the molecule is CC(C)CNC(=O)CC(c1ccc2c(c1)OCO2)c1c[nH]c2ccccc12. The molecule has 2 aromatic carbocycles. The molecule has 1 amide bonds. The molecule has 0 radical (unpaired) electrons. The Kier molecular flexibility index (Phi) is 4.75. The van der Waals surface area contributed by atoms with Crippen LogP contribution < -0.4 is 14.8 Å². The van der Waals surface area contributed by atoms with Gasteiger partial charge >= 0.3 is 0 Å². The number of aromatic nitrogens is 1. The maximum atomic E-state index is 12.6. The van der Waals surface area contributed by atoms with Crippen molar-refractivity contribution in [3.05, 3.63) is 59.8 Å². The number of H-pyrrole nitrogens is 1.